The molecule has 2 aliphatic rings. The highest BCUT2D eigenvalue weighted by Gasteiger charge is 2.67. The standard InChI is InChI=1S/C9H13ClO4S/c1-8(12)6-2-3-9(8,7(11)4-6)5-15(10,13)14/h6,12H,2-5H2,1H3/t6?,8?,9-/m1/s1. The van der Waals surface area contributed by atoms with Crippen molar-refractivity contribution in [1.29, 1.82) is 0 Å². The summed E-state index contributed by atoms with van der Waals surface area (Å²) < 4.78 is 22.2. The van der Waals surface area contributed by atoms with Crippen LogP contribution in [0.15, 0.2) is 0 Å². The molecule has 15 heavy (non-hydrogen) atoms. The number of Topliss-reactive ketones (excluding diaryl/α,β-unsaturated/α-hetero) is 1. The van der Waals surface area contributed by atoms with Gasteiger partial charge in [0.25, 0.3) is 0 Å². The van der Waals surface area contributed by atoms with Crippen molar-refractivity contribution in [2.75, 3.05) is 5.75 Å². The Morgan fingerprint density at radius 1 is 1.60 bits per heavy atom. The van der Waals surface area contributed by atoms with Crippen LogP contribution in [0.25, 0.3) is 0 Å². The Hall–Kier alpha value is -0.130. The Morgan fingerprint density at radius 2 is 2.20 bits per heavy atom. The van der Waals surface area contributed by atoms with Crippen LogP contribution >= 0.6 is 10.7 Å². The van der Waals surface area contributed by atoms with Crippen LogP contribution in [0.4, 0.5) is 0 Å². The second-order valence-corrected chi connectivity index (χ2v) is 7.55. The third-order valence-corrected chi connectivity index (χ3v) is 5.23. The van der Waals surface area contributed by atoms with E-state index in [1.165, 1.54) is 0 Å². The third kappa shape index (κ3) is 1.44. The molecule has 0 saturated heterocycles. The molecule has 0 spiro atoms. The maximum Gasteiger partial charge on any atom is 0.233 e. The fourth-order valence-electron chi connectivity index (χ4n) is 3.08. The van der Waals surface area contributed by atoms with Gasteiger partial charge in [0.15, 0.2) is 0 Å². The lowest BCUT2D eigenvalue weighted by atomic mass is 9.78. The van der Waals surface area contributed by atoms with Gasteiger partial charge in [-0.2, -0.15) is 0 Å². The van der Waals surface area contributed by atoms with Crippen molar-refractivity contribution in [3.63, 3.8) is 0 Å². The first-order valence-corrected chi connectivity index (χ1v) is 7.35. The number of carbonyl (C=O) groups is 1. The summed E-state index contributed by atoms with van der Waals surface area (Å²) in [4.78, 5) is 11.8. The minimum atomic E-state index is -3.76. The molecule has 1 N–H and O–H groups in total. The van der Waals surface area contributed by atoms with Crippen molar-refractivity contribution in [3.05, 3.63) is 0 Å². The van der Waals surface area contributed by atoms with Crippen LogP contribution < -0.4 is 0 Å². The normalized spacial score (nSPS) is 45.0. The zero-order chi connectivity index (χ0) is 11.5. The molecule has 2 aliphatic carbocycles. The second kappa shape index (κ2) is 2.96. The summed E-state index contributed by atoms with van der Waals surface area (Å²) in [6.07, 6.45) is 1.40. The van der Waals surface area contributed by atoms with Crippen LogP contribution in [-0.2, 0) is 13.8 Å². The van der Waals surface area contributed by atoms with E-state index in [1.54, 1.807) is 6.92 Å². The molecule has 0 radical (unpaired) electrons. The lowest BCUT2D eigenvalue weighted by Gasteiger charge is -2.33. The van der Waals surface area contributed by atoms with Crippen molar-refractivity contribution >= 4 is 25.5 Å². The quantitative estimate of drug-likeness (QED) is 0.734. The number of halogens is 1. The summed E-state index contributed by atoms with van der Waals surface area (Å²) in [5.74, 6) is -0.708. The van der Waals surface area contributed by atoms with Gasteiger partial charge in [-0.1, -0.05) is 0 Å². The smallest absolute Gasteiger partial charge is 0.233 e. The number of aliphatic hydroxyl groups is 1. The molecule has 0 aromatic carbocycles. The van der Waals surface area contributed by atoms with Crippen LogP contribution in [0, 0.1) is 11.3 Å². The van der Waals surface area contributed by atoms with Crippen molar-refractivity contribution in [1.82, 2.24) is 0 Å². The van der Waals surface area contributed by atoms with Gasteiger partial charge in [0.05, 0.1) is 16.8 Å². The predicted octanol–water partition coefficient (Wildman–Crippen LogP) is 0.675. The highest BCUT2D eigenvalue weighted by molar-refractivity contribution is 8.13. The Balaban J connectivity index is 2.45. The van der Waals surface area contributed by atoms with Gasteiger partial charge >= 0.3 is 0 Å². The Morgan fingerprint density at radius 3 is 2.53 bits per heavy atom. The molecule has 2 unspecified atom stereocenters. The van der Waals surface area contributed by atoms with Crippen LogP contribution in [0.3, 0.4) is 0 Å². The van der Waals surface area contributed by atoms with Crippen molar-refractivity contribution in [3.8, 4) is 0 Å². The van der Waals surface area contributed by atoms with E-state index in [0.29, 0.717) is 12.8 Å². The highest BCUT2D eigenvalue weighted by atomic mass is 35.7. The Bertz CT molecular complexity index is 414. The van der Waals surface area contributed by atoms with Gasteiger partial charge in [-0.3, -0.25) is 4.79 Å². The van der Waals surface area contributed by atoms with E-state index in [1.807, 2.05) is 0 Å². The molecule has 0 heterocycles. The molecule has 0 aromatic heterocycles. The molecule has 2 fully saturated rings. The molecule has 2 saturated carbocycles. The number of ketones is 1. The van der Waals surface area contributed by atoms with Gasteiger partial charge in [0.2, 0.25) is 9.05 Å². The average molecular weight is 253 g/mol. The van der Waals surface area contributed by atoms with Gasteiger partial charge in [0.1, 0.15) is 5.78 Å². The third-order valence-electron chi connectivity index (χ3n) is 4.07. The topological polar surface area (TPSA) is 71.4 Å². The summed E-state index contributed by atoms with van der Waals surface area (Å²) in [6.45, 7) is 1.55. The zero-order valence-electron chi connectivity index (χ0n) is 8.36. The lowest BCUT2D eigenvalue weighted by Crippen LogP contribution is -2.47. The monoisotopic (exact) mass is 252 g/mol. The summed E-state index contributed by atoms with van der Waals surface area (Å²) in [5, 5.41) is 10.2. The van der Waals surface area contributed by atoms with E-state index in [0.717, 1.165) is 0 Å². The number of rotatable bonds is 2. The summed E-state index contributed by atoms with van der Waals surface area (Å²) >= 11 is 0. The second-order valence-electron chi connectivity index (χ2n) is 4.78. The van der Waals surface area contributed by atoms with Crippen molar-refractivity contribution < 1.29 is 18.3 Å². The van der Waals surface area contributed by atoms with E-state index in [-0.39, 0.29) is 18.1 Å². The number of fused-ring (bicyclic) bond motifs is 2. The zero-order valence-corrected chi connectivity index (χ0v) is 9.94. The summed E-state index contributed by atoms with van der Waals surface area (Å²) in [5.41, 5.74) is -2.37. The molecule has 0 amide bonds. The molecular weight excluding hydrogens is 240 g/mol. The molecular formula is C9H13ClO4S. The predicted molar refractivity (Wildman–Crippen MR) is 55.0 cm³/mol. The van der Waals surface area contributed by atoms with E-state index < -0.39 is 25.8 Å². The maximum absolute atomic E-state index is 11.8. The molecule has 6 heteroatoms. The molecule has 0 aromatic rings. The maximum atomic E-state index is 11.8. The fraction of sp³-hybridized carbons (Fsp3) is 0.889. The van der Waals surface area contributed by atoms with Gasteiger partial charge in [-0.25, -0.2) is 8.42 Å². The molecule has 0 aliphatic heterocycles. The lowest BCUT2D eigenvalue weighted by molar-refractivity contribution is -0.131. The first-order valence-electron chi connectivity index (χ1n) is 4.87. The highest BCUT2D eigenvalue weighted by Crippen LogP contribution is 2.59. The molecule has 3 atom stereocenters. The first-order chi connectivity index (χ1) is 6.69. The van der Waals surface area contributed by atoms with Crippen molar-refractivity contribution in [2.24, 2.45) is 11.3 Å². The van der Waals surface area contributed by atoms with Gasteiger partial charge in [-0.15, -0.1) is 0 Å². The Labute approximate surface area is 93.0 Å². The van der Waals surface area contributed by atoms with Crippen LogP contribution in [0.2, 0.25) is 0 Å². The summed E-state index contributed by atoms with van der Waals surface area (Å²) in [7, 11) is 1.44. The van der Waals surface area contributed by atoms with E-state index in [2.05, 4.69) is 0 Å². The average Bonchev–Trinajstić information content (AvgIpc) is 2.34. The number of carbonyl (C=O) groups excluding carboxylic acids is 1. The molecule has 2 rings (SSSR count). The minimum Gasteiger partial charge on any atom is -0.389 e. The van der Waals surface area contributed by atoms with Gasteiger partial charge in [0, 0.05) is 17.1 Å². The molecule has 2 bridgehead atoms. The molecule has 86 valence electrons. The first kappa shape index (κ1) is 11.4. The van der Waals surface area contributed by atoms with Crippen molar-refractivity contribution in [2.45, 2.75) is 31.8 Å². The van der Waals surface area contributed by atoms with E-state index in [4.69, 9.17) is 10.7 Å². The van der Waals surface area contributed by atoms with Gasteiger partial charge in [-0.05, 0) is 25.7 Å². The SMILES string of the molecule is CC1(O)C2CC[C@@]1(CS(=O)(=O)Cl)C(=O)C2. The van der Waals surface area contributed by atoms with Crippen LogP contribution in [0.5, 0.6) is 0 Å². The Kier molecular flexibility index (Phi) is 2.24. The fourth-order valence-corrected chi connectivity index (χ4v) is 4.83. The van der Waals surface area contributed by atoms with Crippen LogP contribution in [-0.4, -0.2) is 30.7 Å². The number of hydrogen-bond donors (Lipinski definition) is 1. The summed E-state index contributed by atoms with van der Waals surface area (Å²) in [6, 6.07) is 0. The van der Waals surface area contributed by atoms with E-state index in [9.17, 15) is 18.3 Å². The number of hydrogen-bond acceptors (Lipinski definition) is 4. The largest absolute Gasteiger partial charge is 0.389 e. The van der Waals surface area contributed by atoms with Crippen LogP contribution in [0.1, 0.15) is 26.2 Å². The minimum absolute atomic E-state index is 0.108. The van der Waals surface area contributed by atoms with E-state index >= 15 is 0 Å². The van der Waals surface area contributed by atoms with Gasteiger partial charge < -0.3 is 5.11 Å². The molecule has 4 nitrogen and oxygen atoms in total.